The highest BCUT2D eigenvalue weighted by molar-refractivity contribution is 7.92. The van der Waals surface area contributed by atoms with Crippen molar-refractivity contribution in [3.05, 3.63) is 92.0 Å². The lowest BCUT2D eigenvalue weighted by Crippen LogP contribution is -2.53. The summed E-state index contributed by atoms with van der Waals surface area (Å²) in [5, 5.41) is 15.4. The van der Waals surface area contributed by atoms with Gasteiger partial charge in [0, 0.05) is 34.3 Å². The average molecular weight is 692 g/mol. The maximum Gasteiger partial charge on any atom is 0.273 e. The molecule has 0 aromatic heterocycles. The average Bonchev–Trinajstić information content (AvgIpc) is 3.03. The molecule has 0 bridgehead atoms. The van der Waals surface area contributed by atoms with E-state index < -0.39 is 33.4 Å². The largest absolute Gasteiger partial charge is 0.497 e. The van der Waals surface area contributed by atoms with Crippen LogP contribution in [0.25, 0.3) is 0 Å². The third kappa shape index (κ3) is 8.28. The van der Waals surface area contributed by atoms with Gasteiger partial charge in [-0.25, -0.2) is 8.42 Å². The van der Waals surface area contributed by atoms with Crippen LogP contribution >= 0.6 is 23.2 Å². The van der Waals surface area contributed by atoms with Crippen LogP contribution in [0.5, 0.6) is 5.75 Å². The number of hydrogen-bond acceptors (Lipinski definition) is 7. The number of nitro benzene ring substituents is 1. The molecule has 1 aliphatic rings. The quantitative estimate of drug-likeness (QED) is 0.174. The molecule has 2 amide bonds. The first-order chi connectivity index (χ1) is 21.8. The number of carbonyl (C=O) groups is 2. The van der Waals surface area contributed by atoms with E-state index >= 15 is 0 Å². The topological polar surface area (TPSA) is 139 Å². The van der Waals surface area contributed by atoms with Crippen molar-refractivity contribution in [1.82, 2.24) is 10.2 Å². The van der Waals surface area contributed by atoms with E-state index in [2.05, 4.69) is 5.32 Å². The van der Waals surface area contributed by atoms with Gasteiger partial charge in [-0.05, 0) is 74.7 Å². The van der Waals surface area contributed by atoms with Crippen molar-refractivity contribution in [3.8, 4) is 5.75 Å². The third-order valence-electron chi connectivity index (χ3n) is 8.08. The van der Waals surface area contributed by atoms with Gasteiger partial charge in [0.15, 0.2) is 0 Å². The Morgan fingerprint density at radius 3 is 2.33 bits per heavy atom. The number of rotatable bonds is 12. The SMILES string of the molecule is COc1ccc(N(CC(=O)N(Cc2ccc(Cl)cc2Cl)[C@@H](C)C(=O)NC2CCCCC2)S(=O)(=O)c2ccc(C)c([N+](=O)[O-])c2)cc1. The molecule has 1 aliphatic carbocycles. The summed E-state index contributed by atoms with van der Waals surface area (Å²) in [4.78, 5) is 39.6. The number of halogens is 2. The van der Waals surface area contributed by atoms with Gasteiger partial charge in [0.25, 0.3) is 15.7 Å². The minimum atomic E-state index is -4.53. The van der Waals surface area contributed by atoms with Gasteiger partial charge in [-0.1, -0.05) is 54.6 Å². The number of nitrogens with zero attached hydrogens (tertiary/aromatic N) is 3. The summed E-state index contributed by atoms with van der Waals surface area (Å²) in [5.74, 6) is -0.623. The lowest BCUT2D eigenvalue weighted by atomic mass is 9.95. The molecule has 1 fully saturated rings. The summed E-state index contributed by atoms with van der Waals surface area (Å²) in [5.41, 5.74) is 0.514. The third-order valence-corrected chi connectivity index (χ3v) is 10.4. The summed E-state index contributed by atoms with van der Waals surface area (Å²) in [6.07, 6.45) is 4.76. The second kappa shape index (κ2) is 15.1. The maximum atomic E-state index is 14.2. The molecule has 0 aliphatic heterocycles. The smallest absolute Gasteiger partial charge is 0.273 e. The number of ether oxygens (including phenoxy) is 1. The molecule has 0 spiro atoms. The molecular weight excluding hydrogens is 655 g/mol. The van der Waals surface area contributed by atoms with Crippen molar-refractivity contribution < 1.29 is 27.7 Å². The first-order valence-corrected chi connectivity index (χ1v) is 17.0. The van der Waals surface area contributed by atoms with Crippen molar-refractivity contribution in [1.29, 1.82) is 0 Å². The number of sulfonamides is 1. The number of amides is 2. The first kappa shape index (κ1) is 35.0. The number of hydrogen-bond donors (Lipinski definition) is 1. The Kier molecular flexibility index (Phi) is 11.5. The molecule has 3 aromatic carbocycles. The number of nitrogens with one attached hydrogen (secondary N) is 1. The predicted octanol–water partition coefficient (Wildman–Crippen LogP) is 6.28. The van der Waals surface area contributed by atoms with Crippen LogP contribution in [-0.2, 0) is 26.2 Å². The van der Waals surface area contributed by atoms with Crippen molar-refractivity contribution in [2.45, 2.75) is 69.5 Å². The fraction of sp³-hybridized carbons (Fsp3) is 0.375. The maximum absolute atomic E-state index is 14.2. The van der Waals surface area contributed by atoms with Gasteiger partial charge >= 0.3 is 0 Å². The van der Waals surface area contributed by atoms with Crippen molar-refractivity contribution in [2.24, 2.45) is 0 Å². The number of methoxy groups -OCH3 is 1. The zero-order valence-corrected chi connectivity index (χ0v) is 28.1. The van der Waals surface area contributed by atoms with Crippen molar-refractivity contribution in [2.75, 3.05) is 18.0 Å². The van der Waals surface area contributed by atoms with Crippen LogP contribution in [-0.4, -0.2) is 55.8 Å². The van der Waals surface area contributed by atoms with E-state index in [0.29, 0.717) is 16.3 Å². The van der Waals surface area contributed by atoms with Crippen LogP contribution in [0.3, 0.4) is 0 Å². The van der Waals surface area contributed by atoms with E-state index in [0.717, 1.165) is 42.5 Å². The van der Waals surface area contributed by atoms with Crippen LogP contribution < -0.4 is 14.4 Å². The van der Waals surface area contributed by atoms with Gasteiger partial charge < -0.3 is 15.0 Å². The number of carbonyl (C=O) groups excluding carboxylic acids is 2. The predicted molar refractivity (Wildman–Crippen MR) is 177 cm³/mol. The van der Waals surface area contributed by atoms with Crippen LogP contribution in [0.15, 0.2) is 65.6 Å². The molecule has 0 heterocycles. The number of nitro groups is 1. The van der Waals surface area contributed by atoms with Crippen LogP contribution in [0, 0.1) is 17.0 Å². The molecular formula is C32H36Cl2N4O7S. The Bertz CT molecular complexity index is 1700. The van der Waals surface area contributed by atoms with Crippen molar-refractivity contribution in [3.63, 3.8) is 0 Å². The molecule has 14 heteroatoms. The molecule has 246 valence electrons. The Morgan fingerprint density at radius 2 is 1.72 bits per heavy atom. The molecule has 0 saturated heterocycles. The summed E-state index contributed by atoms with van der Waals surface area (Å²) in [6, 6.07) is 13.3. The minimum Gasteiger partial charge on any atom is -0.497 e. The van der Waals surface area contributed by atoms with E-state index in [1.807, 2.05) is 0 Å². The number of anilines is 1. The fourth-order valence-electron chi connectivity index (χ4n) is 5.34. The van der Waals surface area contributed by atoms with Crippen LogP contribution in [0.1, 0.15) is 50.2 Å². The van der Waals surface area contributed by atoms with Crippen molar-refractivity contribution >= 4 is 56.4 Å². The Morgan fingerprint density at radius 1 is 1.04 bits per heavy atom. The van der Waals surface area contributed by atoms with Crippen LogP contribution in [0.4, 0.5) is 11.4 Å². The zero-order valence-electron chi connectivity index (χ0n) is 25.7. The standard InChI is InChI=1S/C32H36Cl2N4O7S/c1-21-9-16-28(18-30(21)38(41)42)46(43,44)37(26-12-14-27(45-3)15-13-26)20-31(39)36(19-23-10-11-24(33)17-29(23)34)22(2)32(40)35-25-7-5-4-6-8-25/h9-18,22,25H,4-8,19-20H2,1-3H3,(H,35,40)/t22-/m0/s1. The van der Waals surface area contributed by atoms with E-state index in [1.54, 1.807) is 19.1 Å². The summed E-state index contributed by atoms with van der Waals surface area (Å²) < 4.78 is 34.4. The normalized spacial score (nSPS) is 14.3. The Balaban J connectivity index is 1.74. The second-order valence-corrected chi connectivity index (χ2v) is 13.9. The highest BCUT2D eigenvalue weighted by Gasteiger charge is 2.34. The Labute approximate surface area is 278 Å². The Hall–Kier alpha value is -3.87. The molecule has 3 aromatic rings. The molecule has 0 unspecified atom stereocenters. The van der Waals surface area contributed by atoms with Gasteiger partial charge in [-0.2, -0.15) is 0 Å². The van der Waals surface area contributed by atoms with Gasteiger partial charge in [0.2, 0.25) is 11.8 Å². The molecule has 11 nitrogen and oxygen atoms in total. The monoisotopic (exact) mass is 690 g/mol. The van der Waals surface area contributed by atoms with E-state index in [1.165, 1.54) is 61.4 Å². The second-order valence-electron chi connectivity index (χ2n) is 11.2. The number of benzene rings is 3. The fourth-order valence-corrected chi connectivity index (χ4v) is 7.24. The lowest BCUT2D eigenvalue weighted by Gasteiger charge is -2.33. The summed E-state index contributed by atoms with van der Waals surface area (Å²) in [6.45, 7) is 2.25. The summed E-state index contributed by atoms with van der Waals surface area (Å²) in [7, 11) is -3.08. The first-order valence-electron chi connectivity index (χ1n) is 14.8. The van der Waals surface area contributed by atoms with E-state index in [-0.39, 0.29) is 45.4 Å². The van der Waals surface area contributed by atoms with Gasteiger partial charge in [-0.3, -0.25) is 24.0 Å². The van der Waals surface area contributed by atoms with Gasteiger partial charge in [0.05, 0.1) is 22.6 Å². The van der Waals surface area contributed by atoms with Crippen LogP contribution in [0.2, 0.25) is 10.0 Å². The highest BCUT2D eigenvalue weighted by Crippen LogP contribution is 2.30. The molecule has 1 atom stereocenters. The van der Waals surface area contributed by atoms with E-state index in [4.69, 9.17) is 27.9 Å². The number of aryl methyl sites for hydroxylation is 1. The van der Waals surface area contributed by atoms with Gasteiger partial charge in [0.1, 0.15) is 18.3 Å². The molecule has 1 N–H and O–H groups in total. The molecule has 4 rings (SSSR count). The molecule has 46 heavy (non-hydrogen) atoms. The van der Waals surface area contributed by atoms with Gasteiger partial charge in [-0.15, -0.1) is 0 Å². The zero-order chi connectivity index (χ0) is 33.6. The molecule has 1 saturated carbocycles. The minimum absolute atomic E-state index is 0.0201. The molecule has 0 radical (unpaired) electrons. The summed E-state index contributed by atoms with van der Waals surface area (Å²) >= 11 is 12.5. The highest BCUT2D eigenvalue weighted by atomic mass is 35.5. The lowest BCUT2D eigenvalue weighted by molar-refractivity contribution is -0.385. The van der Waals surface area contributed by atoms with E-state index in [9.17, 15) is 28.1 Å².